The molecule has 0 amide bonds. The van der Waals surface area contributed by atoms with E-state index >= 15 is 0 Å². The fraction of sp³-hybridized carbons (Fsp3) is 0.786. The molecule has 1 aromatic rings. The molecule has 4 atom stereocenters. The first kappa shape index (κ1) is 15.9. The van der Waals surface area contributed by atoms with Crippen LogP contribution in [-0.4, -0.2) is 60.2 Å². The molecular formula is C14H24N4O3S. The van der Waals surface area contributed by atoms with E-state index in [4.69, 9.17) is 0 Å². The Morgan fingerprint density at radius 2 is 2.23 bits per heavy atom. The molecule has 2 unspecified atom stereocenters. The van der Waals surface area contributed by atoms with Gasteiger partial charge in [-0.3, -0.25) is 0 Å². The second-order valence-electron chi connectivity index (χ2n) is 7.06. The molecule has 8 heteroatoms. The van der Waals surface area contributed by atoms with Gasteiger partial charge in [-0.2, -0.15) is 0 Å². The van der Waals surface area contributed by atoms with Gasteiger partial charge in [0.2, 0.25) is 5.16 Å². The lowest BCUT2D eigenvalue weighted by Crippen LogP contribution is -2.64. The van der Waals surface area contributed by atoms with E-state index in [1.807, 2.05) is 0 Å². The molecule has 2 heterocycles. The third-order valence-electron chi connectivity index (χ3n) is 5.04. The maximum absolute atomic E-state index is 12.3. The second-order valence-corrected chi connectivity index (χ2v) is 8.69. The molecule has 22 heavy (non-hydrogen) atoms. The molecule has 124 valence electrons. The Kier molecular flexibility index (Phi) is 3.83. The summed E-state index contributed by atoms with van der Waals surface area (Å²) in [5.41, 5.74) is 0.0126. The van der Waals surface area contributed by atoms with E-state index in [-0.39, 0.29) is 10.6 Å². The Bertz CT molecular complexity index is 626. The number of H-pyrrole nitrogens is 1. The van der Waals surface area contributed by atoms with Crippen molar-refractivity contribution in [1.29, 1.82) is 0 Å². The van der Waals surface area contributed by atoms with Gasteiger partial charge in [0.15, 0.2) is 0 Å². The number of aromatic amines is 1. The Morgan fingerprint density at radius 3 is 2.77 bits per heavy atom. The second kappa shape index (κ2) is 5.30. The number of aliphatic hydroxyl groups is 1. The number of hydrogen-bond donors (Lipinski definition) is 3. The van der Waals surface area contributed by atoms with Crippen molar-refractivity contribution in [2.24, 2.45) is 11.3 Å². The molecule has 1 aliphatic carbocycles. The number of imidazole rings is 1. The van der Waals surface area contributed by atoms with Crippen LogP contribution in [-0.2, 0) is 10.0 Å². The van der Waals surface area contributed by atoms with E-state index in [0.29, 0.717) is 24.8 Å². The molecule has 2 fully saturated rings. The van der Waals surface area contributed by atoms with Gasteiger partial charge < -0.3 is 15.0 Å². The molecule has 1 aliphatic heterocycles. The summed E-state index contributed by atoms with van der Waals surface area (Å²) < 4.78 is 27.1. The van der Waals surface area contributed by atoms with Gasteiger partial charge in [0.25, 0.3) is 10.0 Å². The standard InChI is InChI=1S/C14H24N4O3S/c1-9(2)12-14(8-18(12)3)6-10(11(19)7-14)17-22(20,21)13-15-4-5-16-13/h4-5,9-12,17,19H,6-8H2,1-3H3,(H,15,16)/t10-,11-,12?,14?/m1/s1. The number of rotatable bonds is 4. The van der Waals surface area contributed by atoms with Gasteiger partial charge in [-0.1, -0.05) is 13.8 Å². The lowest BCUT2D eigenvalue weighted by Gasteiger charge is -2.57. The first-order chi connectivity index (χ1) is 10.3. The zero-order valence-corrected chi connectivity index (χ0v) is 14.0. The van der Waals surface area contributed by atoms with Crippen molar-refractivity contribution in [2.45, 2.75) is 50.0 Å². The Balaban J connectivity index is 1.75. The van der Waals surface area contributed by atoms with E-state index in [0.717, 1.165) is 6.54 Å². The summed E-state index contributed by atoms with van der Waals surface area (Å²) in [5.74, 6) is 0.478. The van der Waals surface area contributed by atoms with Crippen molar-refractivity contribution in [3.63, 3.8) is 0 Å². The van der Waals surface area contributed by atoms with Crippen LogP contribution in [0.3, 0.4) is 0 Å². The average Bonchev–Trinajstić information content (AvgIpc) is 2.98. The van der Waals surface area contributed by atoms with Crippen LogP contribution < -0.4 is 4.72 Å². The third kappa shape index (κ3) is 2.47. The van der Waals surface area contributed by atoms with Gasteiger partial charge in [0.1, 0.15) is 0 Å². The monoisotopic (exact) mass is 328 g/mol. The summed E-state index contributed by atoms with van der Waals surface area (Å²) in [5, 5.41) is 10.3. The number of likely N-dealkylation sites (tertiary alicyclic amines) is 1. The quantitative estimate of drug-likeness (QED) is 0.732. The van der Waals surface area contributed by atoms with E-state index in [9.17, 15) is 13.5 Å². The molecule has 0 radical (unpaired) electrons. The smallest absolute Gasteiger partial charge is 0.274 e. The highest BCUT2D eigenvalue weighted by Crippen LogP contribution is 2.52. The normalized spacial score (nSPS) is 36.1. The summed E-state index contributed by atoms with van der Waals surface area (Å²) in [6.07, 6.45) is 3.53. The van der Waals surface area contributed by atoms with Crippen LogP contribution in [0.4, 0.5) is 0 Å². The van der Waals surface area contributed by atoms with Gasteiger partial charge in [0.05, 0.1) is 6.10 Å². The predicted octanol–water partition coefficient (Wildman–Crippen LogP) is 0.168. The molecule has 1 aromatic heterocycles. The summed E-state index contributed by atoms with van der Waals surface area (Å²) in [6.45, 7) is 5.26. The molecule has 2 aliphatic rings. The van der Waals surface area contributed by atoms with Crippen molar-refractivity contribution >= 4 is 10.0 Å². The zero-order valence-electron chi connectivity index (χ0n) is 13.2. The maximum Gasteiger partial charge on any atom is 0.274 e. The van der Waals surface area contributed by atoms with Gasteiger partial charge in [0, 0.05) is 36.4 Å². The lowest BCUT2D eigenvalue weighted by atomic mass is 9.66. The molecule has 1 saturated heterocycles. The SMILES string of the molecule is CC(C)C1N(C)CC12C[C@@H](O)[C@H](NS(=O)(=O)c1ncc[nH]1)C2. The van der Waals surface area contributed by atoms with E-state index in [2.05, 4.69) is 40.5 Å². The fourth-order valence-electron chi connectivity index (χ4n) is 4.62. The minimum atomic E-state index is -3.71. The number of nitrogens with zero attached hydrogens (tertiary/aromatic N) is 2. The van der Waals surface area contributed by atoms with Crippen LogP contribution in [0, 0.1) is 11.3 Å². The van der Waals surface area contributed by atoms with Gasteiger partial charge >= 0.3 is 0 Å². The summed E-state index contributed by atoms with van der Waals surface area (Å²) in [6, 6.07) is -0.0645. The number of hydrogen-bond acceptors (Lipinski definition) is 5. The number of nitrogens with one attached hydrogen (secondary N) is 2. The maximum atomic E-state index is 12.3. The molecule has 7 nitrogen and oxygen atoms in total. The van der Waals surface area contributed by atoms with Crippen LogP contribution in [0.5, 0.6) is 0 Å². The van der Waals surface area contributed by atoms with Crippen LogP contribution >= 0.6 is 0 Å². The molecule has 1 spiro atoms. The van der Waals surface area contributed by atoms with Crippen LogP contribution in [0.1, 0.15) is 26.7 Å². The van der Waals surface area contributed by atoms with E-state index in [1.165, 1.54) is 12.4 Å². The third-order valence-corrected chi connectivity index (χ3v) is 6.38. The Labute approximate surface area is 131 Å². The number of aliphatic hydroxyl groups excluding tert-OH is 1. The number of sulfonamides is 1. The molecular weight excluding hydrogens is 304 g/mol. The van der Waals surface area contributed by atoms with Crippen LogP contribution in [0.15, 0.2) is 17.6 Å². The Hall–Kier alpha value is -0.960. The first-order valence-corrected chi connectivity index (χ1v) is 9.13. The topological polar surface area (TPSA) is 98.3 Å². The molecule has 1 saturated carbocycles. The molecule has 3 rings (SSSR count). The van der Waals surface area contributed by atoms with Gasteiger partial charge in [-0.15, -0.1) is 0 Å². The largest absolute Gasteiger partial charge is 0.391 e. The summed E-state index contributed by atoms with van der Waals surface area (Å²) in [7, 11) is -1.62. The Morgan fingerprint density at radius 1 is 1.50 bits per heavy atom. The summed E-state index contributed by atoms with van der Waals surface area (Å²) in [4.78, 5) is 8.67. The molecule has 0 aromatic carbocycles. The minimum Gasteiger partial charge on any atom is -0.391 e. The molecule has 0 bridgehead atoms. The summed E-state index contributed by atoms with van der Waals surface area (Å²) >= 11 is 0. The van der Waals surface area contributed by atoms with Crippen molar-refractivity contribution in [3.05, 3.63) is 12.4 Å². The highest BCUT2D eigenvalue weighted by molar-refractivity contribution is 7.89. The highest BCUT2D eigenvalue weighted by atomic mass is 32.2. The average molecular weight is 328 g/mol. The van der Waals surface area contributed by atoms with E-state index in [1.54, 1.807) is 0 Å². The van der Waals surface area contributed by atoms with Gasteiger partial charge in [-0.25, -0.2) is 18.1 Å². The molecule has 3 N–H and O–H groups in total. The highest BCUT2D eigenvalue weighted by Gasteiger charge is 2.58. The van der Waals surface area contributed by atoms with Crippen LogP contribution in [0.2, 0.25) is 0 Å². The van der Waals surface area contributed by atoms with E-state index < -0.39 is 22.2 Å². The van der Waals surface area contributed by atoms with Crippen molar-refractivity contribution in [3.8, 4) is 0 Å². The zero-order chi connectivity index (χ0) is 16.1. The number of aromatic nitrogens is 2. The van der Waals surface area contributed by atoms with Crippen molar-refractivity contribution in [1.82, 2.24) is 19.6 Å². The lowest BCUT2D eigenvalue weighted by molar-refractivity contribution is -0.0827. The fourth-order valence-corrected chi connectivity index (χ4v) is 5.79. The van der Waals surface area contributed by atoms with Crippen LogP contribution in [0.25, 0.3) is 0 Å². The minimum absolute atomic E-state index is 0.0126. The van der Waals surface area contributed by atoms with Crippen molar-refractivity contribution < 1.29 is 13.5 Å². The predicted molar refractivity (Wildman–Crippen MR) is 81.6 cm³/mol. The van der Waals surface area contributed by atoms with Crippen molar-refractivity contribution in [2.75, 3.05) is 13.6 Å². The van der Waals surface area contributed by atoms with Gasteiger partial charge in [-0.05, 0) is 25.8 Å². The first-order valence-electron chi connectivity index (χ1n) is 7.65.